The van der Waals surface area contributed by atoms with Crippen LogP contribution < -0.4 is 0 Å². The van der Waals surface area contributed by atoms with Crippen molar-refractivity contribution < 1.29 is 28.6 Å². The van der Waals surface area contributed by atoms with Gasteiger partial charge in [-0.3, -0.25) is 14.4 Å². The zero-order valence-corrected chi connectivity index (χ0v) is 38.0. The lowest BCUT2D eigenvalue weighted by atomic mass is 10.1. The van der Waals surface area contributed by atoms with E-state index in [1.165, 1.54) is 83.5 Å². The molecule has 0 bridgehead atoms. The summed E-state index contributed by atoms with van der Waals surface area (Å²) in [5.41, 5.74) is 0. The number of carbonyl (C=O) groups is 3. The molecule has 0 spiro atoms. The highest BCUT2D eigenvalue weighted by atomic mass is 16.6. The molecular formula is C52H90O6. The second kappa shape index (κ2) is 46.8. The maximum atomic E-state index is 12.7. The molecule has 0 aromatic heterocycles. The van der Waals surface area contributed by atoms with Gasteiger partial charge in [-0.05, 0) is 96.3 Å². The summed E-state index contributed by atoms with van der Waals surface area (Å²) >= 11 is 0. The van der Waals surface area contributed by atoms with E-state index >= 15 is 0 Å². The van der Waals surface area contributed by atoms with E-state index in [0.29, 0.717) is 19.3 Å². The number of hydrogen-bond donors (Lipinski definition) is 0. The quantitative estimate of drug-likeness (QED) is 0.0264. The Morgan fingerprint density at radius 2 is 0.638 bits per heavy atom. The molecule has 0 aromatic rings. The van der Waals surface area contributed by atoms with Gasteiger partial charge in [-0.1, -0.05) is 178 Å². The molecule has 0 saturated carbocycles. The van der Waals surface area contributed by atoms with Crippen molar-refractivity contribution in [2.75, 3.05) is 13.2 Å². The molecule has 0 fully saturated rings. The first-order valence-electron chi connectivity index (χ1n) is 24.3. The third-order valence-corrected chi connectivity index (χ3v) is 10.2. The fourth-order valence-electron chi connectivity index (χ4n) is 6.47. The van der Waals surface area contributed by atoms with E-state index in [0.717, 1.165) is 109 Å². The van der Waals surface area contributed by atoms with Crippen molar-refractivity contribution >= 4 is 17.9 Å². The molecule has 6 heteroatoms. The monoisotopic (exact) mass is 811 g/mol. The number of unbranched alkanes of at least 4 members (excludes halogenated alkanes) is 22. The Morgan fingerprint density at radius 3 is 1.02 bits per heavy atom. The van der Waals surface area contributed by atoms with E-state index in [1.807, 2.05) is 0 Å². The van der Waals surface area contributed by atoms with Crippen LogP contribution in [0, 0.1) is 0 Å². The Labute approximate surface area is 358 Å². The third kappa shape index (κ3) is 44.2. The van der Waals surface area contributed by atoms with Crippen molar-refractivity contribution in [2.24, 2.45) is 0 Å². The van der Waals surface area contributed by atoms with Gasteiger partial charge in [0.25, 0.3) is 0 Å². The first-order valence-corrected chi connectivity index (χ1v) is 24.3. The van der Waals surface area contributed by atoms with Crippen LogP contribution in [0.3, 0.4) is 0 Å². The molecule has 0 aliphatic heterocycles. The highest BCUT2D eigenvalue weighted by Crippen LogP contribution is 2.13. The van der Waals surface area contributed by atoms with E-state index in [2.05, 4.69) is 81.5 Å². The number of hydrogen-bond acceptors (Lipinski definition) is 6. The molecule has 0 aliphatic rings. The first-order chi connectivity index (χ1) is 28.5. The molecule has 0 aromatic carbocycles. The summed E-state index contributed by atoms with van der Waals surface area (Å²) in [4.78, 5) is 37.8. The summed E-state index contributed by atoms with van der Waals surface area (Å²) in [7, 11) is 0. The fraction of sp³-hybridized carbons (Fsp3) is 0.750. The zero-order valence-electron chi connectivity index (χ0n) is 38.0. The number of rotatable bonds is 43. The summed E-state index contributed by atoms with van der Waals surface area (Å²) < 4.78 is 16.7. The van der Waals surface area contributed by atoms with Gasteiger partial charge in [0.15, 0.2) is 6.10 Å². The van der Waals surface area contributed by atoms with E-state index < -0.39 is 6.10 Å². The van der Waals surface area contributed by atoms with Crippen LogP contribution in [0.5, 0.6) is 0 Å². The van der Waals surface area contributed by atoms with Crippen LogP contribution in [0.15, 0.2) is 60.8 Å². The summed E-state index contributed by atoms with van der Waals surface area (Å²) in [5, 5.41) is 0. The van der Waals surface area contributed by atoms with E-state index in [4.69, 9.17) is 14.2 Å². The molecule has 0 saturated heterocycles. The Kier molecular flexibility index (Phi) is 44.5. The lowest BCUT2D eigenvalue weighted by Gasteiger charge is -2.18. The number of esters is 3. The van der Waals surface area contributed by atoms with Gasteiger partial charge in [0.2, 0.25) is 0 Å². The average Bonchev–Trinajstić information content (AvgIpc) is 3.22. The van der Waals surface area contributed by atoms with Crippen molar-refractivity contribution in [1.29, 1.82) is 0 Å². The van der Waals surface area contributed by atoms with Crippen molar-refractivity contribution in [3.05, 3.63) is 60.8 Å². The van der Waals surface area contributed by atoms with Gasteiger partial charge in [0.05, 0.1) is 0 Å². The molecule has 6 nitrogen and oxygen atoms in total. The van der Waals surface area contributed by atoms with Crippen molar-refractivity contribution in [3.63, 3.8) is 0 Å². The van der Waals surface area contributed by atoms with Gasteiger partial charge in [-0.2, -0.15) is 0 Å². The average molecular weight is 811 g/mol. The standard InChI is InChI=1S/C52H90O6/c1-4-7-10-13-16-19-22-24-26-28-30-33-36-39-42-45-51(54)57-48-49(47-56-50(53)44-41-38-35-32-29-21-18-15-12-9-6-3)58-52(55)46-43-40-37-34-31-27-25-23-20-17-14-11-8-5-2/h14-19,23-26,49H,4-13,20-22,27-48H2,1-3H3/b17-14-,18-15-,19-16-,25-23-,26-24-/t49-/m1/s1. The predicted molar refractivity (Wildman–Crippen MR) is 247 cm³/mol. The summed E-state index contributed by atoms with van der Waals surface area (Å²) in [6, 6.07) is 0. The van der Waals surface area contributed by atoms with Crippen LogP contribution in [-0.4, -0.2) is 37.2 Å². The normalized spacial score (nSPS) is 12.5. The third-order valence-electron chi connectivity index (χ3n) is 10.2. The molecular weight excluding hydrogens is 721 g/mol. The Bertz CT molecular complexity index is 1070. The summed E-state index contributed by atoms with van der Waals surface area (Å²) in [5.74, 6) is -0.927. The topological polar surface area (TPSA) is 78.9 Å². The van der Waals surface area contributed by atoms with Crippen molar-refractivity contribution in [2.45, 2.75) is 239 Å². The largest absolute Gasteiger partial charge is 0.462 e. The van der Waals surface area contributed by atoms with Gasteiger partial charge in [-0.25, -0.2) is 0 Å². The van der Waals surface area contributed by atoms with Crippen LogP contribution in [0.4, 0.5) is 0 Å². The predicted octanol–water partition coefficient (Wildman–Crippen LogP) is 15.7. The molecule has 0 N–H and O–H groups in total. The van der Waals surface area contributed by atoms with Gasteiger partial charge < -0.3 is 14.2 Å². The molecule has 0 radical (unpaired) electrons. The molecule has 0 unspecified atom stereocenters. The summed E-state index contributed by atoms with van der Waals surface area (Å²) in [6.45, 7) is 6.49. The Morgan fingerprint density at radius 1 is 0.345 bits per heavy atom. The van der Waals surface area contributed by atoms with Crippen molar-refractivity contribution in [3.8, 4) is 0 Å². The van der Waals surface area contributed by atoms with E-state index in [1.54, 1.807) is 0 Å². The zero-order chi connectivity index (χ0) is 42.3. The van der Waals surface area contributed by atoms with Gasteiger partial charge >= 0.3 is 17.9 Å². The number of ether oxygens (including phenoxy) is 3. The Hall–Kier alpha value is -2.89. The molecule has 58 heavy (non-hydrogen) atoms. The van der Waals surface area contributed by atoms with Gasteiger partial charge in [0, 0.05) is 19.3 Å². The second-order valence-corrected chi connectivity index (χ2v) is 16.0. The highest BCUT2D eigenvalue weighted by molar-refractivity contribution is 5.71. The first kappa shape index (κ1) is 55.1. The molecule has 0 amide bonds. The maximum Gasteiger partial charge on any atom is 0.306 e. The minimum Gasteiger partial charge on any atom is -0.462 e. The molecule has 334 valence electrons. The lowest BCUT2D eigenvalue weighted by molar-refractivity contribution is -0.167. The smallest absolute Gasteiger partial charge is 0.306 e. The lowest BCUT2D eigenvalue weighted by Crippen LogP contribution is -2.30. The van der Waals surface area contributed by atoms with Gasteiger partial charge in [-0.15, -0.1) is 0 Å². The summed E-state index contributed by atoms with van der Waals surface area (Å²) in [6.07, 6.45) is 56.2. The fourth-order valence-corrected chi connectivity index (χ4v) is 6.47. The second-order valence-electron chi connectivity index (χ2n) is 16.0. The van der Waals surface area contributed by atoms with E-state index in [-0.39, 0.29) is 31.1 Å². The van der Waals surface area contributed by atoms with Crippen LogP contribution >= 0.6 is 0 Å². The van der Waals surface area contributed by atoms with Crippen LogP contribution in [0.25, 0.3) is 0 Å². The van der Waals surface area contributed by atoms with Gasteiger partial charge in [0.1, 0.15) is 13.2 Å². The minimum atomic E-state index is -0.788. The van der Waals surface area contributed by atoms with Crippen LogP contribution in [0.2, 0.25) is 0 Å². The van der Waals surface area contributed by atoms with Crippen LogP contribution in [0.1, 0.15) is 233 Å². The number of allylic oxidation sites excluding steroid dienone is 10. The Balaban J connectivity index is 4.43. The SMILES string of the molecule is CCCC/C=C\C/C=C\CCCCCCCC(=O)O[C@@H](COC(=O)CCCCCCC/C=C\C/C=C\CCCCC)COC(=O)CCCCCCC/C=C\CCCC. The molecule has 0 rings (SSSR count). The molecule has 0 aliphatic carbocycles. The number of carbonyl (C=O) groups excluding carboxylic acids is 3. The molecule has 0 heterocycles. The minimum absolute atomic E-state index is 0.0893. The molecule has 1 atom stereocenters. The maximum absolute atomic E-state index is 12.7. The van der Waals surface area contributed by atoms with Crippen molar-refractivity contribution in [1.82, 2.24) is 0 Å². The highest BCUT2D eigenvalue weighted by Gasteiger charge is 2.19. The van der Waals surface area contributed by atoms with Crippen LogP contribution in [-0.2, 0) is 28.6 Å². The van der Waals surface area contributed by atoms with E-state index in [9.17, 15) is 14.4 Å².